The molecule has 6 heteroatoms. The monoisotopic (exact) mass is 309 g/mol. The molecule has 21 heavy (non-hydrogen) atoms. The summed E-state index contributed by atoms with van der Waals surface area (Å²) in [7, 11) is 0. The quantitative estimate of drug-likeness (QED) is 0.924. The molecule has 5 nitrogen and oxygen atoms in total. The first-order chi connectivity index (χ1) is 10.1. The first kappa shape index (κ1) is 14.4. The summed E-state index contributed by atoms with van der Waals surface area (Å²) in [6, 6.07) is 7.55. The molecule has 1 aromatic carbocycles. The van der Waals surface area contributed by atoms with Crippen molar-refractivity contribution in [1.29, 1.82) is 0 Å². The molecule has 3 unspecified atom stereocenters. The van der Waals surface area contributed by atoms with E-state index >= 15 is 0 Å². The van der Waals surface area contributed by atoms with Gasteiger partial charge in [-0.2, -0.15) is 0 Å². The Morgan fingerprint density at radius 3 is 2.81 bits per heavy atom. The van der Waals surface area contributed by atoms with Gasteiger partial charge in [0.05, 0.1) is 13.2 Å². The molecule has 1 N–H and O–H groups in total. The van der Waals surface area contributed by atoms with Crippen molar-refractivity contribution < 1.29 is 19.4 Å². The summed E-state index contributed by atoms with van der Waals surface area (Å²) in [4.78, 5) is 25.0. The lowest BCUT2D eigenvalue weighted by Crippen LogP contribution is -2.49. The summed E-state index contributed by atoms with van der Waals surface area (Å²) >= 11 is 6.16. The number of rotatable bonds is 3. The van der Waals surface area contributed by atoms with Gasteiger partial charge in [0.1, 0.15) is 0 Å². The second kappa shape index (κ2) is 5.66. The fraction of sp³-hybridized carbons (Fsp3) is 0.467. The van der Waals surface area contributed by atoms with Gasteiger partial charge in [-0.15, -0.1) is 0 Å². The van der Waals surface area contributed by atoms with Gasteiger partial charge in [-0.05, 0) is 24.0 Å². The Labute approximate surface area is 127 Å². The highest BCUT2D eigenvalue weighted by Gasteiger charge is 2.47. The molecule has 1 aliphatic carbocycles. The largest absolute Gasteiger partial charge is 0.479 e. The predicted octanol–water partition coefficient (Wildman–Crippen LogP) is 1.76. The lowest BCUT2D eigenvalue weighted by Gasteiger charge is -2.31. The van der Waals surface area contributed by atoms with E-state index in [1.807, 2.05) is 24.3 Å². The van der Waals surface area contributed by atoms with Crippen LogP contribution in [0.4, 0.5) is 0 Å². The highest BCUT2D eigenvalue weighted by atomic mass is 35.5. The lowest BCUT2D eigenvalue weighted by atomic mass is 10.1. The van der Waals surface area contributed by atoms with Crippen LogP contribution in [0.1, 0.15) is 17.9 Å². The number of aliphatic carboxylic acids is 1. The van der Waals surface area contributed by atoms with Crippen LogP contribution >= 0.6 is 11.6 Å². The van der Waals surface area contributed by atoms with Gasteiger partial charge in [-0.1, -0.05) is 29.8 Å². The molecule has 0 spiro atoms. The number of nitrogens with zero attached hydrogens (tertiary/aromatic N) is 1. The van der Waals surface area contributed by atoms with E-state index in [9.17, 15) is 9.59 Å². The fourth-order valence-corrected chi connectivity index (χ4v) is 3.10. The Bertz CT molecular complexity index is 577. The number of carbonyl (C=O) groups is 2. The van der Waals surface area contributed by atoms with Gasteiger partial charge < -0.3 is 14.7 Å². The van der Waals surface area contributed by atoms with Gasteiger partial charge in [0.15, 0.2) is 6.10 Å². The van der Waals surface area contributed by atoms with Gasteiger partial charge >= 0.3 is 5.97 Å². The van der Waals surface area contributed by atoms with Gasteiger partial charge in [0.2, 0.25) is 5.91 Å². The minimum atomic E-state index is -1.02. The highest BCUT2D eigenvalue weighted by Crippen LogP contribution is 2.50. The number of hydrogen-bond donors (Lipinski definition) is 1. The average molecular weight is 310 g/mol. The molecule has 2 fully saturated rings. The summed E-state index contributed by atoms with van der Waals surface area (Å²) in [6.45, 7) is 0.848. The molecule has 1 heterocycles. The Kier molecular flexibility index (Phi) is 3.87. The molecular weight excluding hydrogens is 294 g/mol. The number of morpholine rings is 1. The van der Waals surface area contributed by atoms with Crippen molar-refractivity contribution in [2.24, 2.45) is 5.92 Å². The predicted molar refractivity (Wildman–Crippen MR) is 76.3 cm³/mol. The number of benzene rings is 1. The van der Waals surface area contributed by atoms with E-state index in [0.29, 0.717) is 11.6 Å². The van der Waals surface area contributed by atoms with Crippen LogP contribution in [0, 0.1) is 5.92 Å². The second-order valence-electron chi connectivity index (χ2n) is 5.45. The molecule has 0 radical (unpaired) electrons. The number of amides is 1. The average Bonchev–Trinajstić information content (AvgIpc) is 3.27. The van der Waals surface area contributed by atoms with E-state index in [-0.39, 0.29) is 30.9 Å². The smallest absolute Gasteiger partial charge is 0.334 e. The number of hydrogen-bond acceptors (Lipinski definition) is 3. The van der Waals surface area contributed by atoms with Gasteiger partial charge in [-0.25, -0.2) is 4.79 Å². The zero-order valence-electron chi connectivity index (χ0n) is 11.4. The van der Waals surface area contributed by atoms with E-state index in [2.05, 4.69) is 0 Å². The van der Waals surface area contributed by atoms with E-state index in [0.717, 1.165) is 12.0 Å². The first-order valence-corrected chi connectivity index (χ1v) is 7.33. The summed E-state index contributed by atoms with van der Waals surface area (Å²) in [5.74, 6) is -0.949. The molecule has 1 amide bonds. The highest BCUT2D eigenvalue weighted by molar-refractivity contribution is 6.31. The molecule has 1 aromatic rings. The summed E-state index contributed by atoms with van der Waals surface area (Å²) in [5.41, 5.74) is 1.00. The number of carboxylic acids is 1. The van der Waals surface area contributed by atoms with Crippen molar-refractivity contribution in [2.75, 3.05) is 19.7 Å². The third-order valence-electron chi connectivity index (χ3n) is 4.07. The van der Waals surface area contributed by atoms with Crippen LogP contribution in [0.25, 0.3) is 0 Å². The lowest BCUT2D eigenvalue weighted by molar-refractivity contribution is -0.159. The molecular formula is C15H16ClNO4. The second-order valence-corrected chi connectivity index (χ2v) is 5.86. The maximum Gasteiger partial charge on any atom is 0.334 e. The molecule has 3 rings (SSSR count). The number of ether oxygens (including phenoxy) is 1. The summed E-state index contributed by atoms with van der Waals surface area (Å²) < 4.78 is 5.14. The van der Waals surface area contributed by atoms with E-state index in [4.69, 9.17) is 21.4 Å². The summed E-state index contributed by atoms with van der Waals surface area (Å²) in [5, 5.41) is 9.66. The number of carboxylic acid groups (broad SMARTS) is 1. The van der Waals surface area contributed by atoms with Gasteiger partial charge in [-0.3, -0.25) is 4.79 Å². The van der Waals surface area contributed by atoms with Crippen LogP contribution in [-0.2, 0) is 14.3 Å². The van der Waals surface area contributed by atoms with Gasteiger partial charge in [0, 0.05) is 17.5 Å². The Morgan fingerprint density at radius 2 is 2.10 bits per heavy atom. The standard InChI is InChI=1S/C15H16ClNO4/c16-12-4-2-1-3-9(12)10-7-11(10)14(18)17-5-6-21-13(8-17)15(19)20/h1-4,10-11,13H,5-8H2,(H,19,20). The zero-order chi connectivity index (χ0) is 15.0. The minimum Gasteiger partial charge on any atom is -0.479 e. The van der Waals surface area contributed by atoms with Crippen molar-refractivity contribution in [3.8, 4) is 0 Å². The molecule has 1 saturated heterocycles. The van der Waals surface area contributed by atoms with Crippen molar-refractivity contribution >= 4 is 23.5 Å². The molecule has 0 aromatic heterocycles. The first-order valence-electron chi connectivity index (χ1n) is 6.95. The third-order valence-corrected chi connectivity index (χ3v) is 4.41. The van der Waals surface area contributed by atoms with E-state index in [1.165, 1.54) is 0 Å². The maximum atomic E-state index is 12.5. The van der Waals surface area contributed by atoms with Crippen LogP contribution in [0.5, 0.6) is 0 Å². The van der Waals surface area contributed by atoms with E-state index in [1.54, 1.807) is 4.90 Å². The Morgan fingerprint density at radius 1 is 1.33 bits per heavy atom. The van der Waals surface area contributed by atoms with Crippen LogP contribution in [-0.4, -0.2) is 47.7 Å². The van der Waals surface area contributed by atoms with Crippen LogP contribution in [0.15, 0.2) is 24.3 Å². The molecule has 1 saturated carbocycles. The third kappa shape index (κ3) is 2.89. The normalized spacial score (nSPS) is 28.2. The molecule has 3 atom stereocenters. The summed E-state index contributed by atoms with van der Waals surface area (Å²) in [6.07, 6.45) is -0.141. The fourth-order valence-electron chi connectivity index (χ4n) is 2.82. The van der Waals surface area contributed by atoms with Crippen LogP contribution < -0.4 is 0 Å². The molecule has 2 aliphatic rings. The minimum absolute atomic E-state index is 0.00877. The van der Waals surface area contributed by atoms with Crippen LogP contribution in [0.2, 0.25) is 5.02 Å². The van der Waals surface area contributed by atoms with Crippen molar-refractivity contribution in [3.05, 3.63) is 34.9 Å². The van der Waals surface area contributed by atoms with Crippen molar-refractivity contribution in [2.45, 2.75) is 18.4 Å². The van der Waals surface area contributed by atoms with Gasteiger partial charge in [0.25, 0.3) is 0 Å². The molecule has 112 valence electrons. The Balaban J connectivity index is 1.65. The SMILES string of the molecule is O=C(O)C1CN(C(=O)C2CC2c2ccccc2Cl)CCO1. The van der Waals surface area contributed by atoms with Crippen LogP contribution in [0.3, 0.4) is 0 Å². The van der Waals surface area contributed by atoms with Crippen molar-refractivity contribution in [3.63, 3.8) is 0 Å². The zero-order valence-corrected chi connectivity index (χ0v) is 12.1. The maximum absolute atomic E-state index is 12.5. The molecule has 1 aliphatic heterocycles. The number of halogens is 1. The van der Waals surface area contributed by atoms with Crippen molar-refractivity contribution in [1.82, 2.24) is 4.90 Å². The van der Waals surface area contributed by atoms with E-state index < -0.39 is 12.1 Å². The molecule has 0 bridgehead atoms. The number of carbonyl (C=O) groups excluding carboxylic acids is 1. The Hall–Kier alpha value is -1.59. The topological polar surface area (TPSA) is 66.8 Å².